The number of hydrogen-bond donors (Lipinski definition) is 0. The van der Waals surface area contributed by atoms with Crippen LogP contribution in [0.25, 0.3) is 0 Å². The van der Waals surface area contributed by atoms with E-state index in [1.807, 2.05) is 6.08 Å². The minimum Gasteiger partial charge on any atom is -0.268 e. The number of allylic oxidation sites excluding steroid dienone is 6. The van der Waals surface area contributed by atoms with Gasteiger partial charge in [-0.15, -0.1) is 14.1 Å². The normalized spacial score (nSPS) is 14.7. The molecule has 0 saturated heterocycles. The Morgan fingerprint density at radius 1 is 0.923 bits per heavy atom. The molecule has 26 heavy (non-hydrogen) atoms. The highest BCUT2D eigenvalue weighted by atomic mass is 31.0. The van der Waals surface area contributed by atoms with Crippen molar-refractivity contribution in [1.82, 2.24) is 0 Å². The van der Waals surface area contributed by atoms with Crippen LogP contribution in [0.2, 0.25) is 0 Å². The number of hydrogen-bond acceptors (Lipinski definition) is 2. The van der Waals surface area contributed by atoms with Crippen LogP contribution in [0.5, 0.6) is 0 Å². The van der Waals surface area contributed by atoms with Crippen molar-refractivity contribution < 1.29 is 4.79 Å². The fraction of sp³-hybridized carbons (Fsp3) is 0.682. The summed E-state index contributed by atoms with van der Waals surface area (Å²) in [6.07, 6.45) is 15.4. The van der Waals surface area contributed by atoms with Crippen LogP contribution in [-0.4, -0.2) is 11.6 Å². The zero-order valence-corrected chi connectivity index (χ0v) is 18.5. The highest BCUT2D eigenvalue weighted by Gasteiger charge is 2.11. The molecule has 0 spiro atoms. The van der Waals surface area contributed by atoms with Gasteiger partial charge in [-0.3, -0.25) is 4.79 Å². The van der Waals surface area contributed by atoms with Gasteiger partial charge in [-0.25, -0.2) is 0 Å². The summed E-state index contributed by atoms with van der Waals surface area (Å²) in [5.74, 6) is 0.206. The average molecular weight is 380 g/mol. The molecule has 0 aromatic heterocycles. The first-order valence-electron chi connectivity index (χ1n) is 9.85. The Kier molecular flexibility index (Phi) is 14.4. The largest absolute Gasteiger partial charge is 0.293 e. The van der Waals surface area contributed by atoms with Crippen molar-refractivity contribution >= 4 is 15.1 Å². The summed E-state index contributed by atoms with van der Waals surface area (Å²) in [7, 11) is 2.38. The molecular weight excluding hydrogens is 341 g/mol. The van der Waals surface area contributed by atoms with Crippen LogP contribution in [0.4, 0.5) is 0 Å². The van der Waals surface area contributed by atoms with E-state index in [1.54, 1.807) is 0 Å². The second-order valence-electron chi connectivity index (χ2n) is 7.79. The van der Waals surface area contributed by atoms with Crippen LogP contribution >= 0.6 is 9.24 Å². The number of carbonyl (C=O) groups excluding carboxylic acids is 1. The predicted octanol–water partition coefficient (Wildman–Crippen LogP) is 7.14. The standard InChI is InChI=1S/C22H38NO2P/c1-17(2)9-6-10-18(3)11-7-12-19(4)13-8-14-20(5)15-16-21(26)22(24)23-25/h11,13,15,17,21H,6-10,12,14,16,26H2,1-5H3/b18-11+,19-13+,20-15+. The second kappa shape index (κ2) is 15.0. The van der Waals surface area contributed by atoms with Crippen LogP contribution < -0.4 is 0 Å². The Hall–Kier alpha value is -1.08. The van der Waals surface area contributed by atoms with E-state index in [-0.39, 0.29) is 0 Å². The number of nitroso groups, excluding NO2 is 1. The Labute approximate surface area is 163 Å². The number of rotatable bonds is 13. The van der Waals surface area contributed by atoms with E-state index < -0.39 is 11.6 Å². The first-order chi connectivity index (χ1) is 12.3. The second-order valence-corrected chi connectivity index (χ2v) is 8.59. The maximum Gasteiger partial charge on any atom is 0.293 e. The molecule has 0 fully saturated rings. The summed E-state index contributed by atoms with van der Waals surface area (Å²) < 4.78 is 0. The summed E-state index contributed by atoms with van der Waals surface area (Å²) in [4.78, 5) is 21.3. The van der Waals surface area contributed by atoms with Gasteiger partial charge in [0.25, 0.3) is 5.91 Å². The van der Waals surface area contributed by atoms with Gasteiger partial charge in [0.2, 0.25) is 0 Å². The molecule has 0 bridgehead atoms. The molecule has 0 N–H and O–H groups in total. The molecule has 0 aliphatic heterocycles. The summed E-state index contributed by atoms with van der Waals surface area (Å²) in [6.45, 7) is 11.1. The molecule has 3 nitrogen and oxygen atoms in total. The molecule has 2 atom stereocenters. The lowest BCUT2D eigenvalue weighted by Gasteiger charge is -2.05. The number of nitrogens with zero attached hydrogens (tertiary/aromatic N) is 1. The van der Waals surface area contributed by atoms with Gasteiger partial charge < -0.3 is 0 Å². The van der Waals surface area contributed by atoms with Gasteiger partial charge >= 0.3 is 0 Å². The van der Waals surface area contributed by atoms with Crippen molar-refractivity contribution in [3.05, 3.63) is 39.9 Å². The fourth-order valence-electron chi connectivity index (χ4n) is 2.68. The SMILES string of the molecule is C/C(=C\CC/C(C)=C/CC(P)C(=O)N=O)CC/C=C(\C)CCCC(C)C. The quantitative estimate of drug-likeness (QED) is 0.194. The molecule has 0 heterocycles. The molecule has 0 rings (SSSR count). The molecule has 1 amide bonds. The van der Waals surface area contributed by atoms with Crippen LogP contribution in [0.1, 0.15) is 86.0 Å². The molecule has 4 heteroatoms. The van der Waals surface area contributed by atoms with Gasteiger partial charge in [-0.1, -0.05) is 55.2 Å². The van der Waals surface area contributed by atoms with Crippen LogP contribution in [-0.2, 0) is 4.79 Å². The predicted molar refractivity (Wildman–Crippen MR) is 117 cm³/mol. The van der Waals surface area contributed by atoms with Crippen LogP contribution in [0.3, 0.4) is 0 Å². The molecule has 0 aliphatic rings. The van der Waals surface area contributed by atoms with E-state index in [1.165, 1.54) is 36.0 Å². The molecule has 0 aliphatic carbocycles. The van der Waals surface area contributed by atoms with Gasteiger partial charge in [0.15, 0.2) is 0 Å². The number of amides is 1. The lowest BCUT2D eigenvalue weighted by molar-refractivity contribution is -0.117. The third-order valence-electron chi connectivity index (χ3n) is 4.54. The van der Waals surface area contributed by atoms with Crippen molar-refractivity contribution in [3.63, 3.8) is 0 Å². The lowest BCUT2D eigenvalue weighted by Crippen LogP contribution is -2.08. The minimum atomic E-state index is -0.595. The summed E-state index contributed by atoms with van der Waals surface area (Å²) in [5.41, 5.74) is 3.81. The van der Waals surface area contributed by atoms with Gasteiger partial charge in [0, 0.05) is 5.18 Å². The molecule has 0 radical (unpaired) electrons. The van der Waals surface area contributed by atoms with Crippen molar-refractivity contribution in [1.29, 1.82) is 0 Å². The molecule has 148 valence electrons. The van der Waals surface area contributed by atoms with E-state index in [4.69, 9.17) is 0 Å². The first kappa shape index (κ1) is 24.9. The highest BCUT2D eigenvalue weighted by Crippen LogP contribution is 2.16. The summed E-state index contributed by atoms with van der Waals surface area (Å²) in [6, 6.07) is 0. The Morgan fingerprint density at radius 3 is 1.92 bits per heavy atom. The van der Waals surface area contributed by atoms with Gasteiger partial charge in [0.05, 0.1) is 5.66 Å². The van der Waals surface area contributed by atoms with Crippen LogP contribution in [0, 0.1) is 10.8 Å². The zero-order valence-electron chi connectivity index (χ0n) is 17.4. The molecular formula is C22H38NO2P. The van der Waals surface area contributed by atoms with Crippen molar-refractivity contribution in [3.8, 4) is 0 Å². The first-order valence-corrected chi connectivity index (χ1v) is 10.5. The van der Waals surface area contributed by atoms with Crippen molar-refractivity contribution in [2.24, 2.45) is 11.1 Å². The Bertz CT molecular complexity index is 518. The summed E-state index contributed by atoms with van der Waals surface area (Å²) >= 11 is 0. The Morgan fingerprint density at radius 2 is 1.42 bits per heavy atom. The fourth-order valence-corrected chi connectivity index (χ4v) is 2.88. The topological polar surface area (TPSA) is 46.5 Å². The van der Waals surface area contributed by atoms with E-state index in [0.29, 0.717) is 6.42 Å². The van der Waals surface area contributed by atoms with Gasteiger partial charge in [0.1, 0.15) is 0 Å². The Balaban J connectivity index is 4.06. The molecule has 0 saturated carbocycles. The maximum absolute atomic E-state index is 11.1. The monoisotopic (exact) mass is 379 g/mol. The highest BCUT2D eigenvalue weighted by molar-refractivity contribution is 7.19. The zero-order chi connectivity index (χ0) is 19.9. The number of carbonyl (C=O) groups is 1. The molecule has 0 aromatic rings. The molecule has 2 unspecified atom stereocenters. The van der Waals surface area contributed by atoms with Gasteiger partial charge in [-0.05, 0) is 71.6 Å². The third-order valence-corrected chi connectivity index (χ3v) is 5.10. The van der Waals surface area contributed by atoms with E-state index >= 15 is 0 Å². The lowest BCUT2D eigenvalue weighted by atomic mass is 10.0. The third kappa shape index (κ3) is 14.1. The summed E-state index contributed by atoms with van der Waals surface area (Å²) in [5, 5.41) is 2.46. The molecule has 0 aromatic carbocycles. The average Bonchev–Trinajstić information content (AvgIpc) is 2.58. The minimum absolute atomic E-state index is 0.393. The van der Waals surface area contributed by atoms with E-state index in [2.05, 4.69) is 61.2 Å². The van der Waals surface area contributed by atoms with E-state index in [0.717, 1.165) is 31.6 Å². The van der Waals surface area contributed by atoms with E-state index in [9.17, 15) is 9.70 Å². The van der Waals surface area contributed by atoms with Crippen LogP contribution in [0.15, 0.2) is 40.1 Å². The smallest absolute Gasteiger partial charge is 0.268 e. The van der Waals surface area contributed by atoms with Gasteiger partial charge in [-0.2, -0.15) is 0 Å². The maximum atomic E-state index is 11.1. The van der Waals surface area contributed by atoms with Crippen molar-refractivity contribution in [2.45, 2.75) is 91.6 Å². The van der Waals surface area contributed by atoms with Crippen molar-refractivity contribution in [2.75, 3.05) is 0 Å².